The van der Waals surface area contributed by atoms with Crippen LogP contribution in [0.25, 0.3) is 11.1 Å². The van der Waals surface area contributed by atoms with Crippen LogP contribution in [0.3, 0.4) is 0 Å². The first kappa shape index (κ1) is 12.2. The highest BCUT2D eigenvalue weighted by Crippen LogP contribution is 2.24. The van der Waals surface area contributed by atoms with Gasteiger partial charge in [0, 0.05) is 35.9 Å². The molecule has 2 rings (SSSR count). The maximum Gasteiger partial charge on any atom is 0.303 e. The van der Waals surface area contributed by atoms with Crippen LogP contribution in [0.15, 0.2) is 43.0 Å². The molecule has 18 heavy (non-hydrogen) atoms. The lowest BCUT2D eigenvalue weighted by Gasteiger charge is -2.10. The molecule has 0 aliphatic rings. The van der Waals surface area contributed by atoms with E-state index in [0.717, 1.165) is 16.7 Å². The Kier molecular flexibility index (Phi) is 3.67. The van der Waals surface area contributed by atoms with Gasteiger partial charge in [-0.15, -0.1) is 0 Å². The fourth-order valence-electron chi connectivity index (χ4n) is 1.80. The van der Waals surface area contributed by atoms with Gasteiger partial charge in [-0.3, -0.25) is 14.8 Å². The summed E-state index contributed by atoms with van der Waals surface area (Å²) in [5, 5.41) is 8.80. The van der Waals surface area contributed by atoms with Crippen LogP contribution in [0.1, 0.15) is 24.8 Å². The van der Waals surface area contributed by atoms with Gasteiger partial charge >= 0.3 is 5.97 Å². The number of nitrogens with zero attached hydrogens (tertiary/aromatic N) is 2. The standard InChI is InChI=1S/C14H14N2O2/c1-10(5-14(17)18)12-6-13(9-16-8-12)11-3-2-4-15-7-11/h2-4,6-10H,5H2,1H3,(H,17,18). The summed E-state index contributed by atoms with van der Waals surface area (Å²) in [4.78, 5) is 18.9. The molecule has 0 aromatic carbocycles. The molecule has 0 saturated heterocycles. The molecule has 0 radical (unpaired) electrons. The second kappa shape index (κ2) is 5.40. The first-order chi connectivity index (χ1) is 8.66. The summed E-state index contributed by atoms with van der Waals surface area (Å²) < 4.78 is 0. The second-order valence-corrected chi connectivity index (χ2v) is 4.25. The summed E-state index contributed by atoms with van der Waals surface area (Å²) in [5.74, 6) is -0.846. The van der Waals surface area contributed by atoms with Crippen LogP contribution in [0.4, 0.5) is 0 Å². The Morgan fingerprint density at radius 3 is 2.72 bits per heavy atom. The summed E-state index contributed by atoms with van der Waals surface area (Å²) in [6.45, 7) is 1.89. The van der Waals surface area contributed by atoms with Crippen LogP contribution in [0, 0.1) is 0 Å². The summed E-state index contributed by atoms with van der Waals surface area (Å²) in [6, 6.07) is 5.79. The minimum atomic E-state index is -0.797. The lowest BCUT2D eigenvalue weighted by molar-refractivity contribution is -0.137. The predicted molar refractivity (Wildman–Crippen MR) is 68.1 cm³/mol. The number of carbonyl (C=O) groups is 1. The third-order valence-electron chi connectivity index (χ3n) is 2.80. The Balaban J connectivity index is 2.28. The highest BCUT2D eigenvalue weighted by molar-refractivity contribution is 5.68. The summed E-state index contributed by atoms with van der Waals surface area (Å²) in [7, 11) is 0. The average Bonchev–Trinajstić information content (AvgIpc) is 2.39. The van der Waals surface area contributed by atoms with E-state index in [9.17, 15) is 4.79 Å². The van der Waals surface area contributed by atoms with Crippen molar-refractivity contribution in [3.8, 4) is 11.1 Å². The van der Waals surface area contributed by atoms with Gasteiger partial charge in [-0.2, -0.15) is 0 Å². The minimum Gasteiger partial charge on any atom is -0.481 e. The third kappa shape index (κ3) is 2.91. The van der Waals surface area contributed by atoms with Gasteiger partial charge in [0.2, 0.25) is 0 Å². The minimum absolute atomic E-state index is 0.0494. The van der Waals surface area contributed by atoms with Crippen LogP contribution >= 0.6 is 0 Å². The van der Waals surface area contributed by atoms with Gasteiger partial charge in [-0.25, -0.2) is 0 Å². The van der Waals surface area contributed by atoms with Crippen LogP contribution in [0.2, 0.25) is 0 Å². The molecule has 2 heterocycles. The SMILES string of the molecule is CC(CC(=O)O)c1cncc(-c2cccnc2)c1. The number of pyridine rings is 2. The van der Waals surface area contributed by atoms with Crippen molar-refractivity contribution >= 4 is 5.97 Å². The molecule has 0 aliphatic heterocycles. The van der Waals surface area contributed by atoms with E-state index >= 15 is 0 Å². The summed E-state index contributed by atoms with van der Waals surface area (Å²) in [6.07, 6.45) is 7.07. The Labute approximate surface area is 105 Å². The van der Waals surface area contributed by atoms with Crippen LogP contribution < -0.4 is 0 Å². The number of hydrogen-bond donors (Lipinski definition) is 1. The van der Waals surface area contributed by atoms with E-state index < -0.39 is 5.97 Å². The fraction of sp³-hybridized carbons (Fsp3) is 0.214. The quantitative estimate of drug-likeness (QED) is 0.895. The molecule has 4 nitrogen and oxygen atoms in total. The second-order valence-electron chi connectivity index (χ2n) is 4.25. The molecule has 92 valence electrons. The van der Waals surface area contributed by atoms with Crippen LogP contribution in [0.5, 0.6) is 0 Å². The Bertz CT molecular complexity index is 541. The lowest BCUT2D eigenvalue weighted by Crippen LogP contribution is -2.03. The monoisotopic (exact) mass is 242 g/mol. The number of rotatable bonds is 4. The van der Waals surface area contributed by atoms with Crippen molar-refractivity contribution in [2.24, 2.45) is 0 Å². The number of carboxylic acid groups (broad SMARTS) is 1. The van der Waals surface area contributed by atoms with E-state index in [1.54, 1.807) is 24.8 Å². The van der Waals surface area contributed by atoms with Crippen molar-refractivity contribution in [2.75, 3.05) is 0 Å². The van der Waals surface area contributed by atoms with Gasteiger partial charge in [0.1, 0.15) is 0 Å². The van der Waals surface area contributed by atoms with E-state index in [2.05, 4.69) is 9.97 Å². The zero-order valence-electron chi connectivity index (χ0n) is 10.1. The molecule has 0 saturated carbocycles. The normalized spacial score (nSPS) is 12.1. The van der Waals surface area contributed by atoms with Gasteiger partial charge in [0.05, 0.1) is 6.42 Å². The predicted octanol–water partition coefficient (Wildman–Crippen LogP) is 2.72. The van der Waals surface area contributed by atoms with Crippen molar-refractivity contribution in [2.45, 2.75) is 19.3 Å². The zero-order chi connectivity index (χ0) is 13.0. The van der Waals surface area contributed by atoms with Gasteiger partial charge in [0.25, 0.3) is 0 Å². The third-order valence-corrected chi connectivity index (χ3v) is 2.80. The molecule has 2 aromatic heterocycles. The number of carboxylic acids is 1. The molecule has 1 atom stereocenters. The number of aromatic nitrogens is 2. The highest BCUT2D eigenvalue weighted by atomic mass is 16.4. The average molecular weight is 242 g/mol. The van der Waals surface area contributed by atoms with Crippen molar-refractivity contribution in [1.82, 2.24) is 9.97 Å². The molecule has 0 aliphatic carbocycles. The maximum absolute atomic E-state index is 10.7. The smallest absolute Gasteiger partial charge is 0.303 e. The van der Waals surface area contributed by atoms with Crippen LogP contribution in [-0.2, 0) is 4.79 Å². The largest absolute Gasteiger partial charge is 0.481 e. The van der Waals surface area contributed by atoms with Gasteiger partial charge < -0.3 is 5.11 Å². The first-order valence-corrected chi connectivity index (χ1v) is 5.74. The molecular weight excluding hydrogens is 228 g/mol. The topological polar surface area (TPSA) is 63.1 Å². The molecule has 0 bridgehead atoms. The van der Waals surface area contributed by atoms with Crippen molar-refractivity contribution in [3.05, 3.63) is 48.5 Å². The molecule has 0 fully saturated rings. The lowest BCUT2D eigenvalue weighted by atomic mass is 9.97. The van der Waals surface area contributed by atoms with E-state index in [1.807, 2.05) is 25.1 Å². The van der Waals surface area contributed by atoms with E-state index in [1.165, 1.54) is 0 Å². The van der Waals surface area contributed by atoms with Gasteiger partial charge in [-0.1, -0.05) is 13.0 Å². The molecule has 2 aromatic rings. The van der Waals surface area contributed by atoms with Crippen LogP contribution in [-0.4, -0.2) is 21.0 Å². The van der Waals surface area contributed by atoms with E-state index in [0.29, 0.717) is 0 Å². The fourth-order valence-corrected chi connectivity index (χ4v) is 1.80. The molecule has 0 spiro atoms. The summed E-state index contributed by atoms with van der Waals surface area (Å²) >= 11 is 0. The van der Waals surface area contributed by atoms with Gasteiger partial charge in [-0.05, 0) is 23.6 Å². The molecule has 1 unspecified atom stereocenters. The maximum atomic E-state index is 10.7. The molecular formula is C14H14N2O2. The summed E-state index contributed by atoms with van der Waals surface area (Å²) in [5.41, 5.74) is 2.87. The van der Waals surface area contributed by atoms with Crippen molar-refractivity contribution in [1.29, 1.82) is 0 Å². The molecule has 4 heteroatoms. The van der Waals surface area contributed by atoms with E-state index in [4.69, 9.17) is 5.11 Å². The zero-order valence-corrected chi connectivity index (χ0v) is 10.1. The first-order valence-electron chi connectivity index (χ1n) is 5.74. The van der Waals surface area contributed by atoms with E-state index in [-0.39, 0.29) is 12.3 Å². The Morgan fingerprint density at radius 1 is 1.28 bits per heavy atom. The number of hydrogen-bond acceptors (Lipinski definition) is 3. The molecule has 1 N–H and O–H groups in total. The Morgan fingerprint density at radius 2 is 2.06 bits per heavy atom. The molecule has 0 amide bonds. The van der Waals surface area contributed by atoms with Gasteiger partial charge in [0.15, 0.2) is 0 Å². The Hall–Kier alpha value is -2.23. The number of aliphatic carboxylic acids is 1. The highest BCUT2D eigenvalue weighted by Gasteiger charge is 2.11. The van der Waals surface area contributed by atoms with Crippen molar-refractivity contribution in [3.63, 3.8) is 0 Å². The van der Waals surface area contributed by atoms with Crippen molar-refractivity contribution < 1.29 is 9.90 Å².